The summed E-state index contributed by atoms with van der Waals surface area (Å²) in [5.74, 6) is -3.87. The van der Waals surface area contributed by atoms with Crippen LogP contribution in [0.1, 0.15) is 71.7 Å². The molecule has 5 N–H and O–H groups in total. The fraction of sp³-hybridized carbons (Fsp3) is 0.677. The van der Waals surface area contributed by atoms with Gasteiger partial charge in [-0.05, 0) is 23.9 Å². The van der Waals surface area contributed by atoms with Gasteiger partial charge in [-0.1, -0.05) is 26.8 Å². The normalized spacial score (nSPS) is 39.0. The quantitative estimate of drug-likeness (QED) is 0.282. The highest BCUT2D eigenvalue weighted by Gasteiger charge is 2.74. The van der Waals surface area contributed by atoms with Gasteiger partial charge >= 0.3 is 11.9 Å². The van der Waals surface area contributed by atoms with Gasteiger partial charge in [-0.25, -0.2) is 4.79 Å². The van der Waals surface area contributed by atoms with Gasteiger partial charge in [-0.15, -0.1) is 11.3 Å². The predicted molar refractivity (Wildman–Crippen MR) is 155 cm³/mol. The second kappa shape index (κ2) is 11.0. The predicted octanol–water partition coefficient (Wildman–Crippen LogP) is 1.10. The number of ketones is 1. The molecule has 0 radical (unpaired) electrons. The Kier molecular flexibility index (Phi) is 8.17. The highest BCUT2D eigenvalue weighted by atomic mass is 32.1. The van der Waals surface area contributed by atoms with Gasteiger partial charge in [0.2, 0.25) is 5.91 Å². The van der Waals surface area contributed by atoms with E-state index in [0.717, 1.165) is 0 Å². The summed E-state index contributed by atoms with van der Waals surface area (Å²) in [6, 6.07) is 2.25. The molecule has 1 aromatic rings. The standard InChI is InChI=1S/C31H41NO11S/c1-14-18(43-27(38)24(37)23(32-15(2)33)19-8-7-9-44-19)12-31(40)26(42-16(3)34)25-29(6,11-17(35)22(14)28(31,4)5)20(36)10-21-30(25,39)13-41-21/h7-9,18,20-21,23-26,36-37,39-40H,10-13H2,1-6H3,(H,32,33)/t18-,20-,21+,23-,24+,25-,26-,29+,30-,31+/m0/s1. The first-order valence-electron chi connectivity index (χ1n) is 14.7. The lowest BCUT2D eigenvalue weighted by molar-refractivity contribution is -0.349. The van der Waals surface area contributed by atoms with E-state index in [4.69, 9.17) is 14.2 Å². The van der Waals surface area contributed by atoms with E-state index >= 15 is 0 Å². The van der Waals surface area contributed by atoms with Gasteiger partial charge in [0, 0.05) is 60.3 Å². The highest BCUT2D eigenvalue weighted by molar-refractivity contribution is 7.10. The lowest BCUT2D eigenvalue weighted by atomic mass is 9.45. The number of amides is 1. The zero-order chi connectivity index (χ0) is 32.6. The van der Waals surface area contributed by atoms with Crippen LogP contribution >= 0.6 is 11.3 Å². The summed E-state index contributed by atoms with van der Waals surface area (Å²) in [6.45, 7) is 8.80. The monoisotopic (exact) mass is 635 g/mol. The van der Waals surface area contributed by atoms with Crippen LogP contribution in [-0.4, -0.2) is 92.4 Å². The molecule has 2 bridgehead atoms. The minimum atomic E-state index is -2.09. The third kappa shape index (κ3) is 4.83. The Morgan fingerprint density at radius 3 is 2.39 bits per heavy atom. The smallest absolute Gasteiger partial charge is 0.338 e. The van der Waals surface area contributed by atoms with Crippen molar-refractivity contribution in [3.8, 4) is 0 Å². The first-order chi connectivity index (χ1) is 20.4. The molecule has 1 amide bonds. The molecule has 2 heterocycles. The van der Waals surface area contributed by atoms with Crippen molar-refractivity contribution >= 4 is 35.0 Å². The third-order valence-electron chi connectivity index (χ3n) is 10.5. The number of rotatable bonds is 6. The van der Waals surface area contributed by atoms with E-state index in [-0.39, 0.29) is 31.4 Å². The fourth-order valence-electron chi connectivity index (χ4n) is 8.14. The average Bonchev–Trinajstić information content (AvgIpc) is 3.45. The molecule has 1 saturated heterocycles. The number of ether oxygens (including phenoxy) is 3. The molecule has 1 aliphatic heterocycles. The Hall–Kier alpha value is -2.68. The number of hydrogen-bond acceptors (Lipinski definition) is 12. The highest BCUT2D eigenvalue weighted by Crippen LogP contribution is 2.63. The van der Waals surface area contributed by atoms with Gasteiger partial charge in [0.05, 0.1) is 18.8 Å². The summed E-state index contributed by atoms with van der Waals surface area (Å²) < 4.78 is 17.3. The average molecular weight is 636 g/mol. The van der Waals surface area contributed by atoms with Crippen molar-refractivity contribution in [2.45, 2.75) is 109 Å². The Labute approximate surface area is 259 Å². The van der Waals surface area contributed by atoms with Crippen molar-refractivity contribution in [3.05, 3.63) is 33.5 Å². The summed E-state index contributed by atoms with van der Waals surface area (Å²) in [6.07, 6.45) is -6.99. The molecule has 242 valence electrons. The Bertz CT molecular complexity index is 1390. The number of carbonyl (C=O) groups is 4. The van der Waals surface area contributed by atoms with E-state index in [1.807, 2.05) is 0 Å². The molecule has 5 rings (SSSR count). The van der Waals surface area contributed by atoms with Crippen molar-refractivity contribution in [3.63, 3.8) is 0 Å². The van der Waals surface area contributed by atoms with Crippen molar-refractivity contribution in [1.29, 1.82) is 0 Å². The molecule has 10 atom stereocenters. The molecule has 12 nitrogen and oxygen atoms in total. The number of esters is 2. The van der Waals surface area contributed by atoms with E-state index in [1.54, 1.807) is 45.2 Å². The van der Waals surface area contributed by atoms with Crippen LogP contribution in [0.4, 0.5) is 0 Å². The third-order valence-corrected chi connectivity index (χ3v) is 11.5. The number of thiophene rings is 1. The number of aliphatic hydroxyl groups excluding tert-OH is 2. The van der Waals surface area contributed by atoms with Crippen LogP contribution in [0.15, 0.2) is 28.7 Å². The van der Waals surface area contributed by atoms with Gasteiger partial charge in [0.25, 0.3) is 0 Å². The second-order valence-corrected chi connectivity index (χ2v) is 14.5. The SMILES string of the molecule is CC(=O)N[C@@H](c1cccs1)[C@@H](O)C(=O)O[C@H]1C[C@@]2(O)[C@@H](OC(C)=O)[C@H]3[C@](C)(CC(=O)C(=C1C)C2(C)C)[C@@H](O)C[C@H]1OC[C@]13O. The van der Waals surface area contributed by atoms with Crippen LogP contribution in [0.5, 0.6) is 0 Å². The number of carbonyl (C=O) groups excluding carboxylic acids is 4. The van der Waals surface area contributed by atoms with Crippen LogP contribution in [0.3, 0.4) is 0 Å². The van der Waals surface area contributed by atoms with E-state index in [9.17, 15) is 39.6 Å². The summed E-state index contributed by atoms with van der Waals surface area (Å²) in [5, 5.41) is 51.4. The Morgan fingerprint density at radius 2 is 1.84 bits per heavy atom. The molecule has 1 aromatic heterocycles. The summed E-state index contributed by atoms with van der Waals surface area (Å²) in [5.41, 5.74) is -5.90. The van der Waals surface area contributed by atoms with Gasteiger partial charge in [-0.3, -0.25) is 14.4 Å². The van der Waals surface area contributed by atoms with Gasteiger partial charge in [0.15, 0.2) is 11.9 Å². The fourth-order valence-corrected chi connectivity index (χ4v) is 8.95. The van der Waals surface area contributed by atoms with Crippen molar-refractivity contribution in [1.82, 2.24) is 5.32 Å². The van der Waals surface area contributed by atoms with E-state index < -0.39 is 88.1 Å². The maximum Gasteiger partial charge on any atom is 0.338 e. The number of fused-ring (bicyclic) bond motifs is 5. The van der Waals surface area contributed by atoms with Gasteiger partial charge < -0.3 is 40.0 Å². The Balaban J connectivity index is 1.60. The lowest BCUT2D eigenvalue weighted by Gasteiger charge is -2.66. The lowest BCUT2D eigenvalue weighted by Crippen LogP contribution is -2.79. The maximum atomic E-state index is 14.2. The molecule has 0 aromatic carbocycles. The van der Waals surface area contributed by atoms with Crippen LogP contribution in [-0.2, 0) is 33.4 Å². The van der Waals surface area contributed by atoms with E-state index in [2.05, 4.69) is 5.32 Å². The minimum Gasteiger partial charge on any atom is -0.459 e. The molecule has 0 unspecified atom stereocenters. The van der Waals surface area contributed by atoms with Gasteiger partial charge in [-0.2, -0.15) is 0 Å². The molecular weight excluding hydrogens is 594 g/mol. The van der Waals surface area contributed by atoms with E-state index in [0.29, 0.717) is 10.5 Å². The van der Waals surface area contributed by atoms with Crippen LogP contribution in [0, 0.1) is 16.7 Å². The van der Waals surface area contributed by atoms with E-state index in [1.165, 1.54) is 25.2 Å². The van der Waals surface area contributed by atoms with Crippen LogP contribution in [0.2, 0.25) is 0 Å². The van der Waals surface area contributed by atoms with Crippen molar-refractivity contribution in [2.75, 3.05) is 6.61 Å². The maximum absolute atomic E-state index is 14.2. The van der Waals surface area contributed by atoms with Crippen molar-refractivity contribution < 1.29 is 53.8 Å². The molecule has 13 heteroatoms. The molecule has 44 heavy (non-hydrogen) atoms. The van der Waals surface area contributed by atoms with Crippen LogP contribution in [0.25, 0.3) is 0 Å². The minimum absolute atomic E-state index is 0.0568. The number of nitrogens with one attached hydrogen (secondary N) is 1. The number of aliphatic hydroxyl groups is 4. The zero-order valence-corrected chi connectivity index (χ0v) is 26.5. The second-order valence-electron chi connectivity index (χ2n) is 13.5. The molecule has 3 fully saturated rings. The van der Waals surface area contributed by atoms with Crippen molar-refractivity contribution in [2.24, 2.45) is 16.7 Å². The molecule has 0 spiro atoms. The Morgan fingerprint density at radius 1 is 1.16 bits per heavy atom. The topological polar surface area (TPSA) is 189 Å². The zero-order valence-electron chi connectivity index (χ0n) is 25.7. The molecular formula is C31H41NO11S. The summed E-state index contributed by atoms with van der Waals surface area (Å²) in [4.78, 5) is 52.7. The largest absolute Gasteiger partial charge is 0.459 e. The molecule has 4 aliphatic rings. The molecule has 3 aliphatic carbocycles. The first kappa shape index (κ1) is 32.7. The summed E-state index contributed by atoms with van der Waals surface area (Å²) >= 11 is 1.23. The van der Waals surface area contributed by atoms with Crippen LogP contribution < -0.4 is 5.32 Å². The number of hydrogen-bond donors (Lipinski definition) is 5. The van der Waals surface area contributed by atoms with Gasteiger partial charge in [0.1, 0.15) is 29.5 Å². The number of Topliss-reactive ketones (excluding diaryl/α,β-unsaturated/α-hetero) is 1. The summed E-state index contributed by atoms with van der Waals surface area (Å²) in [7, 11) is 0. The first-order valence-corrected chi connectivity index (χ1v) is 15.6. The molecule has 2 saturated carbocycles.